The van der Waals surface area contributed by atoms with Crippen LogP contribution in [0.3, 0.4) is 0 Å². The predicted octanol–water partition coefficient (Wildman–Crippen LogP) is 3.41. The molecule has 1 aromatic heterocycles. The normalized spacial score (nSPS) is 10.4. The maximum atomic E-state index is 13.0. The molecule has 0 aliphatic rings. The first-order valence-corrected chi connectivity index (χ1v) is 8.78. The number of carbonyl (C=O) groups is 2. The number of methoxy groups -OCH3 is 1. The molecule has 1 heterocycles. The van der Waals surface area contributed by atoms with Crippen LogP contribution in [0.4, 0.5) is 15.8 Å². The van der Waals surface area contributed by atoms with E-state index >= 15 is 0 Å². The number of halogens is 1. The zero-order valence-corrected chi connectivity index (χ0v) is 15.9. The van der Waals surface area contributed by atoms with Gasteiger partial charge in [0.25, 0.3) is 0 Å². The fourth-order valence-electron chi connectivity index (χ4n) is 2.59. The van der Waals surface area contributed by atoms with Crippen LogP contribution < -0.4 is 15.4 Å². The Morgan fingerprint density at radius 2 is 1.90 bits per heavy atom. The fraction of sp³-hybridized carbons (Fsp3) is 0.200. The van der Waals surface area contributed by atoms with E-state index in [2.05, 4.69) is 20.8 Å². The molecule has 29 heavy (non-hydrogen) atoms. The van der Waals surface area contributed by atoms with Crippen molar-refractivity contribution < 1.29 is 23.2 Å². The lowest BCUT2D eigenvalue weighted by Crippen LogP contribution is -2.13. The number of carbonyl (C=O) groups excluding carboxylic acids is 2. The molecule has 0 aliphatic carbocycles. The molecular weight excluding hydrogens is 379 g/mol. The van der Waals surface area contributed by atoms with E-state index < -0.39 is 0 Å². The number of ether oxygens (including phenoxy) is 1. The van der Waals surface area contributed by atoms with E-state index in [0.29, 0.717) is 34.4 Å². The van der Waals surface area contributed by atoms with E-state index in [1.165, 1.54) is 26.2 Å². The molecule has 2 aromatic carbocycles. The zero-order valence-electron chi connectivity index (χ0n) is 15.9. The Morgan fingerprint density at radius 1 is 1.14 bits per heavy atom. The van der Waals surface area contributed by atoms with Crippen LogP contribution in [0.5, 0.6) is 5.75 Å². The van der Waals surface area contributed by atoms with Crippen molar-refractivity contribution >= 4 is 23.2 Å². The Balaban J connectivity index is 1.59. The summed E-state index contributed by atoms with van der Waals surface area (Å²) in [6.45, 7) is 1.38. The van der Waals surface area contributed by atoms with Gasteiger partial charge in [0.2, 0.25) is 23.5 Å². The Labute approximate surface area is 166 Å². The Kier molecular flexibility index (Phi) is 6.18. The summed E-state index contributed by atoms with van der Waals surface area (Å²) in [5.41, 5.74) is 1.59. The summed E-state index contributed by atoms with van der Waals surface area (Å²) in [5.74, 6) is 0.251. The SMILES string of the molecule is COc1ccc(NC(=O)CCc2nc(-c3ccc(F)cc3)no2)cc1NC(C)=O. The third-order valence-electron chi connectivity index (χ3n) is 3.93. The number of aryl methyl sites for hydroxylation is 1. The number of nitrogens with zero attached hydrogens (tertiary/aromatic N) is 2. The van der Waals surface area contributed by atoms with Gasteiger partial charge in [0.05, 0.1) is 12.8 Å². The Bertz CT molecular complexity index is 1020. The highest BCUT2D eigenvalue weighted by molar-refractivity contribution is 5.94. The van der Waals surface area contributed by atoms with Gasteiger partial charge >= 0.3 is 0 Å². The third-order valence-corrected chi connectivity index (χ3v) is 3.93. The summed E-state index contributed by atoms with van der Waals surface area (Å²) in [7, 11) is 1.49. The van der Waals surface area contributed by atoms with Crippen molar-refractivity contribution in [2.75, 3.05) is 17.7 Å². The number of rotatable bonds is 7. The van der Waals surface area contributed by atoms with Gasteiger partial charge in [-0.1, -0.05) is 5.16 Å². The Morgan fingerprint density at radius 3 is 2.59 bits per heavy atom. The molecular formula is C20H19FN4O4. The van der Waals surface area contributed by atoms with Crippen molar-refractivity contribution in [1.29, 1.82) is 0 Å². The molecule has 2 N–H and O–H groups in total. The summed E-state index contributed by atoms with van der Waals surface area (Å²) in [4.78, 5) is 27.7. The number of aromatic nitrogens is 2. The van der Waals surface area contributed by atoms with Crippen molar-refractivity contribution in [1.82, 2.24) is 10.1 Å². The second kappa shape index (κ2) is 8.96. The topological polar surface area (TPSA) is 106 Å². The minimum atomic E-state index is -0.352. The summed E-state index contributed by atoms with van der Waals surface area (Å²) in [6.07, 6.45) is 0.362. The highest BCUT2D eigenvalue weighted by Gasteiger charge is 2.12. The Hall–Kier alpha value is -3.75. The van der Waals surface area contributed by atoms with Gasteiger partial charge < -0.3 is 19.9 Å². The predicted molar refractivity (Wildman–Crippen MR) is 104 cm³/mol. The molecule has 0 atom stereocenters. The minimum absolute atomic E-state index is 0.118. The molecule has 9 heteroatoms. The van der Waals surface area contributed by atoms with Gasteiger partial charge in [0.1, 0.15) is 11.6 Å². The first-order valence-electron chi connectivity index (χ1n) is 8.78. The van der Waals surface area contributed by atoms with Crippen molar-refractivity contribution in [2.45, 2.75) is 19.8 Å². The largest absolute Gasteiger partial charge is 0.495 e. The van der Waals surface area contributed by atoms with E-state index in [1.807, 2.05) is 0 Å². The molecule has 8 nitrogen and oxygen atoms in total. The first-order chi connectivity index (χ1) is 13.9. The molecule has 2 amide bonds. The lowest BCUT2D eigenvalue weighted by Gasteiger charge is -2.11. The first kappa shape index (κ1) is 20.0. The standard InChI is InChI=1S/C20H19FN4O4/c1-12(26)22-16-11-15(7-8-17(16)28-2)23-18(27)9-10-19-24-20(25-29-19)13-3-5-14(21)6-4-13/h3-8,11H,9-10H2,1-2H3,(H,22,26)(H,23,27). The number of hydrogen-bond donors (Lipinski definition) is 2. The molecule has 0 aliphatic heterocycles. The summed E-state index contributed by atoms with van der Waals surface area (Å²) in [5, 5.41) is 9.23. The van der Waals surface area contributed by atoms with E-state index in [-0.39, 0.29) is 30.5 Å². The summed E-state index contributed by atoms with van der Waals surface area (Å²) >= 11 is 0. The van der Waals surface area contributed by atoms with Gasteiger partial charge in [0, 0.05) is 31.0 Å². The van der Waals surface area contributed by atoms with Crippen LogP contribution in [-0.4, -0.2) is 29.1 Å². The lowest BCUT2D eigenvalue weighted by atomic mass is 10.2. The second-order valence-corrected chi connectivity index (χ2v) is 6.16. The van der Waals surface area contributed by atoms with Crippen LogP contribution in [0.15, 0.2) is 47.0 Å². The monoisotopic (exact) mass is 398 g/mol. The van der Waals surface area contributed by atoms with E-state index in [4.69, 9.17) is 9.26 Å². The molecule has 0 radical (unpaired) electrons. The molecule has 150 valence electrons. The van der Waals surface area contributed by atoms with Crippen LogP contribution >= 0.6 is 0 Å². The van der Waals surface area contributed by atoms with Crippen molar-refractivity contribution in [3.8, 4) is 17.1 Å². The number of benzene rings is 2. The number of hydrogen-bond acceptors (Lipinski definition) is 6. The minimum Gasteiger partial charge on any atom is -0.495 e. The molecule has 3 rings (SSSR count). The van der Waals surface area contributed by atoms with Gasteiger partial charge in [0.15, 0.2) is 0 Å². The molecule has 0 unspecified atom stereocenters. The molecule has 0 spiro atoms. The maximum absolute atomic E-state index is 13.0. The average Bonchev–Trinajstić information content (AvgIpc) is 3.16. The highest BCUT2D eigenvalue weighted by atomic mass is 19.1. The van der Waals surface area contributed by atoms with E-state index in [9.17, 15) is 14.0 Å². The van der Waals surface area contributed by atoms with Crippen LogP contribution in [-0.2, 0) is 16.0 Å². The lowest BCUT2D eigenvalue weighted by molar-refractivity contribution is -0.116. The highest BCUT2D eigenvalue weighted by Crippen LogP contribution is 2.28. The van der Waals surface area contributed by atoms with E-state index in [1.54, 1.807) is 30.3 Å². The number of nitrogens with one attached hydrogen (secondary N) is 2. The van der Waals surface area contributed by atoms with Gasteiger partial charge in [-0.3, -0.25) is 9.59 Å². The van der Waals surface area contributed by atoms with Gasteiger partial charge in [-0.15, -0.1) is 0 Å². The molecule has 0 saturated carbocycles. The molecule has 3 aromatic rings. The van der Waals surface area contributed by atoms with Gasteiger partial charge in [-0.05, 0) is 42.5 Å². The van der Waals surface area contributed by atoms with Crippen LogP contribution in [0.2, 0.25) is 0 Å². The van der Waals surface area contributed by atoms with Gasteiger partial charge in [-0.25, -0.2) is 4.39 Å². The molecule has 0 fully saturated rings. The van der Waals surface area contributed by atoms with Crippen LogP contribution in [0.25, 0.3) is 11.4 Å². The maximum Gasteiger partial charge on any atom is 0.227 e. The van der Waals surface area contributed by atoms with Crippen molar-refractivity contribution in [3.05, 3.63) is 54.2 Å². The van der Waals surface area contributed by atoms with Crippen LogP contribution in [0, 0.1) is 5.82 Å². The molecule has 0 bridgehead atoms. The fourth-order valence-corrected chi connectivity index (χ4v) is 2.59. The molecule has 0 saturated heterocycles. The average molecular weight is 398 g/mol. The number of anilines is 2. The summed E-state index contributed by atoms with van der Waals surface area (Å²) in [6, 6.07) is 10.6. The van der Waals surface area contributed by atoms with Crippen molar-refractivity contribution in [2.24, 2.45) is 0 Å². The third kappa shape index (κ3) is 5.38. The summed E-state index contributed by atoms with van der Waals surface area (Å²) < 4.78 is 23.3. The quantitative estimate of drug-likeness (QED) is 0.632. The zero-order chi connectivity index (χ0) is 20.8. The van der Waals surface area contributed by atoms with E-state index in [0.717, 1.165) is 0 Å². The second-order valence-electron chi connectivity index (χ2n) is 6.16. The van der Waals surface area contributed by atoms with Crippen LogP contribution in [0.1, 0.15) is 19.2 Å². The number of amides is 2. The van der Waals surface area contributed by atoms with Crippen molar-refractivity contribution in [3.63, 3.8) is 0 Å². The van der Waals surface area contributed by atoms with Gasteiger partial charge in [-0.2, -0.15) is 4.98 Å². The smallest absolute Gasteiger partial charge is 0.227 e.